The number of hydrogen-bond acceptors (Lipinski definition) is 2. The van der Waals surface area contributed by atoms with Crippen molar-refractivity contribution in [2.24, 2.45) is 0 Å². The van der Waals surface area contributed by atoms with Crippen LogP contribution in [0.3, 0.4) is 0 Å². The molecular weight excluding hydrogens is 502 g/mol. The first kappa shape index (κ1) is 27.2. The summed E-state index contributed by atoms with van der Waals surface area (Å²) < 4.78 is 4.38. The van der Waals surface area contributed by atoms with Crippen molar-refractivity contribution in [1.82, 2.24) is 13.9 Å². The SMILES string of the molecule is C=C(C1=C(C)Cn2c(=O)n(-c3ccccc3)c(=O)n2C1[C]1[CH][CH][CH][CH]1)c1ccccc1.[CH]1[CH][CH][CH][CH]1.[Fe+2]. The van der Waals surface area contributed by atoms with Crippen LogP contribution in [0.2, 0.25) is 0 Å². The molecule has 6 heteroatoms. The van der Waals surface area contributed by atoms with E-state index in [1.165, 1.54) is 4.57 Å². The summed E-state index contributed by atoms with van der Waals surface area (Å²) in [7, 11) is 0. The van der Waals surface area contributed by atoms with E-state index in [9.17, 15) is 9.59 Å². The van der Waals surface area contributed by atoms with Crippen molar-refractivity contribution in [3.05, 3.63) is 169 Å². The van der Waals surface area contributed by atoms with E-state index in [0.29, 0.717) is 12.2 Å². The topological polar surface area (TPSA) is 48.9 Å². The second kappa shape index (κ2) is 12.1. The van der Waals surface area contributed by atoms with Crippen molar-refractivity contribution in [1.29, 1.82) is 0 Å². The Bertz CT molecular complexity index is 1350. The molecular formula is C31H27FeN3O2+2. The van der Waals surface area contributed by atoms with E-state index < -0.39 is 6.04 Å². The van der Waals surface area contributed by atoms with E-state index in [1.54, 1.807) is 21.5 Å². The van der Waals surface area contributed by atoms with Crippen LogP contribution in [-0.4, -0.2) is 13.9 Å². The van der Waals surface area contributed by atoms with E-state index in [1.807, 2.05) is 113 Å². The van der Waals surface area contributed by atoms with Gasteiger partial charge in [0.1, 0.15) is 0 Å². The van der Waals surface area contributed by atoms with Gasteiger partial charge < -0.3 is 0 Å². The quantitative estimate of drug-likeness (QED) is 0.456. The fourth-order valence-corrected chi connectivity index (χ4v) is 4.77. The van der Waals surface area contributed by atoms with Gasteiger partial charge in [-0.2, -0.15) is 0 Å². The van der Waals surface area contributed by atoms with E-state index in [2.05, 4.69) is 6.58 Å². The molecule has 2 heterocycles. The Morgan fingerprint density at radius 3 is 1.89 bits per heavy atom. The summed E-state index contributed by atoms with van der Waals surface area (Å²) in [6, 6.07) is 18.6. The van der Waals surface area contributed by atoms with Gasteiger partial charge in [-0.25, -0.2) is 23.5 Å². The van der Waals surface area contributed by atoms with E-state index >= 15 is 0 Å². The first-order valence-corrected chi connectivity index (χ1v) is 11.9. The van der Waals surface area contributed by atoms with E-state index in [-0.39, 0.29) is 28.4 Å². The Balaban J connectivity index is 0.000000479. The van der Waals surface area contributed by atoms with Crippen molar-refractivity contribution >= 4 is 5.57 Å². The number of aromatic nitrogens is 3. The van der Waals surface area contributed by atoms with Gasteiger partial charge in [-0.15, -0.1) is 0 Å². The number of rotatable bonds is 4. The third kappa shape index (κ3) is 5.42. The van der Waals surface area contributed by atoms with Crippen molar-refractivity contribution < 1.29 is 17.1 Å². The molecule has 37 heavy (non-hydrogen) atoms. The van der Waals surface area contributed by atoms with Gasteiger partial charge in [-0.1, -0.05) is 55.1 Å². The molecule has 1 aliphatic heterocycles. The zero-order chi connectivity index (χ0) is 25.1. The van der Waals surface area contributed by atoms with Gasteiger partial charge in [0.2, 0.25) is 0 Å². The molecule has 1 atom stereocenters. The Morgan fingerprint density at radius 2 is 1.32 bits per heavy atom. The molecule has 0 saturated heterocycles. The number of hydrogen-bond donors (Lipinski definition) is 0. The molecule has 0 bridgehead atoms. The van der Waals surface area contributed by atoms with Crippen LogP contribution in [0.15, 0.2) is 88.0 Å². The van der Waals surface area contributed by atoms with Crippen LogP contribution in [-0.2, 0) is 23.6 Å². The molecule has 3 aromatic rings. The van der Waals surface area contributed by atoms with Gasteiger partial charge in [0.05, 0.1) is 18.3 Å². The van der Waals surface area contributed by atoms with Crippen LogP contribution in [0, 0.1) is 63.7 Å². The Hall–Kier alpha value is -2.82. The Labute approximate surface area is 230 Å². The van der Waals surface area contributed by atoms with Gasteiger partial charge in [0.15, 0.2) is 0 Å². The molecule has 2 fully saturated rings. The summed E-state index contributed by atoms with van der Waals surface area (Å²) in [6.07, 6.45) is 17.9. The minimum atomic E-state index is -0.429. The zero-order valence-electron chi connectivity index (χ0n) is 20.5. The maximum Gasteiger partial charge on any atom is 2.00 e. The van der Waals surface area contributed by atoms with Crippen molar-refractivity contribution in [2.45, 2.75) is 19.5 Å². The minimum absolute atomic E-state index is 0. The second-order valence-electron chi connectivity index (χ2n) is 8.76. The van der Waals surface area contributed by atoms with E-state index in [4.69, 9.17) is 0 Å². The van der Waals surface area contributed by atoms with Crippen molar-refractivity contribution in [3.63, 3.8) is 0 Å². The van der Waals surface area contributed by atoms with Gasteiger partial charge in [0, 0.05) is 5.92 Å². The molecule has 10 radical (unpaired) electrons. The second-order valence-corrected chi connectivity index (χ2v) is 8.76. The van der Waals surface area contributed by atoms with E-state index in [0.717, 1.165) is 28.2 Å². The fourth-order valence-electron chi connectivity index (χ4n) is 4.77. The van der Waals surface area contributed by atoms with Crippen LogP contribution in [0.5, 0.6) is 0 Å². The van der Waals surface area contributed by atoms with Crippen LogP contribution < -0.4 is 11.4 Å². The summed E-state index contributed by atoms with van der Waals surface area (Å²) in [5.41, 5.74) is 3.73. The Kier molecular flexibility index (Phi) is 8.94. The predicted octanol–water partition coefficient (Wildman–Crippen LogP) is 4.81. The largest absolute Gasteiger partial charge is 2.00 e. The van der Waals surface area contributed by atoms with Crippen molar-refractivity contribution in [3.8, 4) is 5.69 Å². The third-order valence-corrected chi connectivity index (χ3v) is 6.45. The summed E-state index contributed by atoms with van der Waals surface area (Å²) >= 11 is 0. The maximum atomic E-state index is 13.6. The standard InChI is InChI=1S/C26H22N3O2.C5H5.Fe/c1-18-17-27-25(30)28(22-15-7-4-8-16-22)26(31)29(27)24(21-13-9-10-14-21)23(18)19(2)20-11-5-3-6-12-20;1-2-4-5-3-1;/h3-16,24H,2,17H2,1H3;1-5H;/q;;+2. The fraction of sp³-hybridized carbons (Fsp3) is 0.0968. The molecule has 0 N–H and O–H groups in total. The molecule has 1 unspecified atom stereocenters. The predicted molar refractivity (Wildman–Crippen MR) is 143 cm³/mol. The molecule has 5 nitrogen and oxygen atoms in total. The molecule has 0 spiro atoms. The number of nitrogens with zero attached hydrogens (tertiary/aromatic N) is 3. The third-order valence-electron chi connectivity index (χ3n) is 6.45. The van der Waals surface area contributed by atoms with Crippen LogP contribution in [0.4, 0.5) is 0 Å². The maximum absolute atomic E-state index is 13.6. The molecule has 2 aromatic carbocycles. The first-order chi connectivity index (χ1) is 17.6. The number of benzene rings is 2. The molecule has 0 amide bonds. The molecule has 2 saturated carbocycles. The summed E-state index contributed by atoms with van der Waals surface area (Å²) in [6.45, 7) is 6.73. The minimum Gasteiger partial charge on any atom is -0.245 e. The zero-order valence-corrected chi connectivity index (χ0v) is 21.6. The monoisotopic (exact) mass is 529 g/mol. The summed E-state index contributed by atoms with van der Waals surface area (Å²) in [5, 5.41) is 0. The molecule has 184 valence electrons. The number of fused-ring (bicyclic) bond motifs is 1. The van der Waals surface area contributed by atoms with Crippen LogP contribution >= 0.6 is 0 Å². The first-order valence-electron chi connectivity index (χ1n) is 11.9. The average molecular weight is 529 g/mol. The Morgan fingerprint density at radius 1 is 0.784 bits per heavy atom. The number of para-hydroxylation sites is 1. The number of allylic oxidation sites excluding steroid dienone is 3. The molecule has 2 aliphatic carbocycles. The van der Waals surface area contributed by atoms with Crippen molar-refractivity contribution in [2.75, 3.05) is 0 Å². The summed E-state index contributed by atoms with van der Waals surface area (Å²) in [4.78, 5) is 26.9. The molecule has 1 aromatic heterocycles. The average Bonchev–Trinajstić information content (AvgIpc) is 3.69. The van der Waals surface area contributed by atoms with Gasteiger partial charge in [0.25, 0.3) is 0 Å². The van der Waals surface area contributed by atoms with Crippen LogP contribution in [0.1, 0.15) is 18.5 Å². The van der Waals surface area contributed by atoms with Gasteiger partial charge in [-0.3, -0.25) is 0 Å². The summed E-state index contributed by atoms with van der Waals surface area (Å²) in [5.74, 6) is 0.951. The molecule has 6 rings (SSSR count). The normalized spacial score (nSPS) is 19.1. The van der Waals surface area contributed by atoms with Gasteiger partial charge >= 0.3 is 28.4 Å². The van der Waals surface area contributed by atoms with Crippen LogP contribution in [0.25, 0.3) is 11.3 Å². The smallest absolute Gasteiger partial charge is 0.245 e. The molecule has 3 aliphatic rings. The van der Waals surface area contributed by atoms with Gasteiger partial charge in [-0.05, 0) is 99.1 Å².